The standard InChI is InChI=1S/C22H27N3O3/c1-4-24(15(2)27)13-20-22(21(14-26)25(20)16(3)28)18-9-7-17(8-10-18)19-6-5-11-23-12-19/h5-12,20-22,26H,4,13-14H2,1-3H3/t20-,21-,22-/m1/s1. The van der Waals surface area contributed by atoms with Crippen LogP contribution in [0.2, 0.25) is 0 Å². The van der Waals surface area contributed by atoms with Gasteiger partial charge in [0.25, 0.3) is 0 Å². The predicted octanol–water partition coefficient (Wildman–Crippen LogP) is 2.29. The van der Waals surface area contributed by atoms with E-state index in [0.717, 1.165) is 16.7 Å². The summed E-state index contributed by atoms with van der Waals surface area (Å²) in [5.41, 5.74) is 3.17. The molecule has 2 amide bonds. The number of likely N-dealkylation sites (tertiary alicyclic amines) is 1. The minimum Gasteiger partial charge on any atom is -0.394 e. The van der Waals surface area contributed by atoms with Crippen molar-refractivity contribution in [1.82, 2.24) is 14.8 Å². The van der Waals surface area contributed by atoms with Crippen molar-refractivity contribution in [3.8, 4) is 11.1 Å². The zero-order chi connectivity index (χ0) is 20.3. The highest BCUT2D eigenvalue weighted by molar-refractivity contribution is 5.77. The highest BCUT2D eigenvalue weighted by Crippen LogP contribution is 2.41. The fourth-order valence-corrected chi connectivity index (χ4v) is 4.20. The Kier molecular flexibility index (Phi) is 6.09. The SMILES string of the molecule is CCN(C[C@@H]1[C@@H](c2ccc(-c3cccnc3)cc2)[C@@H](CO)N1C(C)=O)C(C)=O. The van der Waals surface area contributed by atoms with Crippen LogP contribution in [0.1, 0.15) is 32.3 Å². The van der Waals surface area contributed by atoms with Crippen LogP contribution in [0.25, 0.3) is 11.1 Å². The molecule has 2 heterocycles. The summed E-state index contributed by atoms with van der Waals surface area (Å²) in [5, 5.41) is 9.91. The Bertz CT molecular complexity index is 823. The van der Waals surface area contributed by atoms with Crippen LogP contribution in [0.4, 0.5) is 0 Å². The molecule has 6 nitrogen and oxygen atoms in total. The lowest BCUT2D eigenvalue weighted by Gasteiger charge is -2.55. The molecule has 1 aliphatic heterocycles. The first-order chi connectivity index (χ1) is 13.5. The number of aliphatic hydroxyl groups excluding tert-OH is 1. The molecule has 1 aromatic heterocycles. The van der Waals surface area contributed by atoms with Crippen molar-refractivity contribution in [3.05, 3.63) is 54.4 Å². The summed E-state index contributed by atoms with van der Waals surface area (Å²) in [6.07, 6.45) is 3.56. The monoisotopic (exact) mass is 381 g/mol. The molecule has 1 aliphatic rings. The molecule has 148 valence electrons. The Balaban J connectivity index is 1.88. The lowest BCUT2D eigenvalue weighted by atomic mass is 9.74. The molecule has 0 unspecified atom stereocenters. The molecule has 0 spiro atoms. The van der Waals surface area contributed by atoms with Crippen molar-refractivity contribution >= 4 is 11.8 Å². The van der Waals surface area contributed by atoms with Gasteiger partial charge in [-0.05, 0) is 29.7 Å². The second kappa shape index (κ2) is 8.52. The molecule has 28 heavy (non-hydrogen) atoms. The minimum atomic E-state index is -0.266. The second-order valence-electron chi connectivity index (χ2n) is 7.19. The highest BCUT2D eigenvalue weighted by atomic mass is 16.3. The van der Waals surface area contributed by atoms with Gasteiger partial charge in [-0.2, -0.15) is 0 Å². The van der Waals surface area contributed by atoms with Crippen LogP contribution in [0.3, 0.4) is 0 Å². The molecular weight excluding hydrogens is 354 g/mol. The molecule has 1 N–H and O–H groups in total. The number of aromatic nitrogens is 1. The van der Waals surface area contributed by atoms with E-state index in [1.54, 1.807) is 22.9 Å². The Morgan fingerprint density at radius 1 is 1.11 bits per heavy atom. The third-order valence-corrected chi connectivity index (χ3v) is 5.62. The summed E-state index contributed by atoms with van der Waals surface area (Å²) in [6, 6.07) is 11.7. The van der Waals surface area contributed by atoms with Crippen LogP contribution >= 0.6 is 0 Å². The van der Waals surface area contributed by atoms with Crippen molar-refractivity contribution in [2.24, 2.45) is 0 Å². The van der Waals surface area contributed by atoms with Gasteiger partial charge < -0.3 is 14.9 Å². The molecule has 0 bridgehead atoms. The number of amides is 2. The van der Waals surface area contributed by atoms with E-state index in [2.05, 4.69) is 4.98 Å². The summed E-state index contributed by atoms with van der Waals surface area (Å²) in [4.78, 5) is 31.7. The van der Waals surface area contributed by atoms with E-state index in [9.17, 15) is 14.7 Å². The molecule has 0 saturated carbocycles. The number of carbonyl (C=O) groups is 2. The van der Waals surface area contributed by atoms with Crippen LogP contribution in [0.15, 0.2) is 48.8 Å². The number of hydrogen-bond donors (Lipinski definition) is 1. The molecule has 2 aromatic rings. The molecule has 1 saturated heterocycles. The fraction of sp³-hybridized carbons (Fsp3) is 0.409. The Morgan fingerprint density at radius 3 is 2.32 bits per heavy atom. The van der Waals surface area contributed by atoms with Gasteiger partial charge in [0.1, 0.15) is 0 Å². The largest absolute Gasteiger partial charge is 0.394 e. The molecule has 0 radical (unpaired) electrons. The van der Waals surface area contributed by atoms with Crippen molar-refractivity contribution in [3.63, 3.8) is 0 Å². The molecule has 0 aliphatic carbocycles. The van der Waals surface area contributed by atoms with Crippen molar-refractivity contribution < 1.29 is 14.7 Å². The maximum Gasteiger partial charge on any atom is 0.220 e. The van der Waals surface area contributed by atoms with E-state index in [4.69, 9.17) is 0 Å². The van der Waals surface area contributed by atoms with Gasteiger partial charge in [-0.25, -0.2) is 0 Å². The molecule has 6 heteroatoms. The normalized spacial score (nSPS) is 21.1. The predicted molar refractivity (Wildman–Crippen MR) is 108 cm³/mol. The quantitative estimate of drug-likeness (QED) is 0.833. The van der Waals surface area contributed by atoms with Crippen LogP contribution in [0, 0.1) is 0 Å². The summed E-state index contributed by atoms with van der Waals surface area (Å²) in [6.45, 7) is 5.95. The Labute approximate surface area is 165 Å². The number of pyridine rings is 1. The van der Waals surface area contributed by atoms with Crippen LogP contribution in [-0.4, -0.2) is 63.5 Å². The van der Waals surface area contributed by atoms with Crippen LogP contribution in [-0.2, 0) is 9.59 Å². The lowest BCUT2D eigenvalue weighted by Crippen LogP contribution is -2.68. The molecule has 1 aromatic carbocycles. The van der Waals surface area contributed by atoms with Crippen molar-refractivity contribution in [2.75, 3.05) is 19.7 Å². The lowest BCUT2D eigenvalue weighted by molar-refractivity contribution is -0.152. The molecule has 3 rings (SSSR count). The number of carbonyl (C=O) groups excluding carboxylic acids is 2. The first kappa shape index (κ1) is 20.0. The van der Waals surface area contributed by atoms with Crippen LogP contribution in [0.5, 0.6) is 0 Å². The van der Waals surface area contributed by atoms with Crippen molar-refractivity contribution in [2.45, 2.75) is 38.8 Å². The van der Waals surface area contributed by atoms with Gasteiger partial charge in [0.15, 0.2) is 0 Å². The number of rotatable bonds is 6. The first-order valence-electron chi connectivity index (χ1n) is 9.63. The molecule has 1 fully saturated rings. The van der Waals surface area contributed by atoms with Gasteiger partial charge >= 0.3 is 0 Å². The minimum absolute atomic E-state index is 0.00903. The second-order valence-corrected chi connectivity index (χ2v) is 7.19. The fourth-order valence-electron chi connectivity index (χ4n) is 4.20. The van der Waals surface area contributed by atoms with Gasteiger partial charge in [0.05, 0.1) is 18.7 Å². The first-order valence-corrected chi connectivity index (χ1v) is 9.63. The number of nitrogens with zero attached hydrogens (tertiary/aromatic N) is 3. The average molecular weight is 381 g/mol. The topological polar surface area (TPSA) is 73.7 Å². The maximum atomic E-state index is 12.2. The van der Waals surface area contributed by atoms with E-state index in [0.29, 0.717) is 13.1 Å². The third-order valence-electron chi connectivity index (χ3n) is 5.62. The van der Waals surface area contributed by atoms with Gasteiger partial charge in [0.2, 0.25) is 11.8 Å². The van der Waals surface area contributed by atoms with Gasteiger partial charge in [-0.3, -0.25) is 14.6 Å². The number of benzene rings is 1. The maximum absolute atomic E-state index is 12.2. The zero-order valence-corrected chi connectivity index (χ0v) is 16.6. The van der Waals surface area contributed by atoms with E-state index < -0.39 is 0 Å². The highest BCUT2D eigenvalue weighted by Gasteiger charge is 2.50. The zero-order valence-electron chi connectivity index (χ0n) is 16.6. The summed E-state index contributed by atoms with van der Waals surface area (Å²) in [5.74, 6) is -0.0961. The van der Waals surface area contributed by atoms with Crippen LogP contribution < -0.4 is 0 Å². The van der Waals surface area contributed by atoms with Gasteiger partial charge in [-0.15, -0.1) is 0 Å². The summed E-state index contributed by atoms with van der Waals surface area (Å²) in [7, 11) is 0. The summed E-state index contributed by atoms with van der Waals surface area (Å²) < 4.78 is 0. The third kappa shape index (κ3) is 3.78. The summed E-state index contributed by atoms with van der Waals surface area (Å²) >= 11 is 0. The van der Waals surface area contributed by atoms with Gasteiger partial charge in [0, 0.05) is 45.2 Å². The smallest absolute Gasteiger partial charge is 0.220 e. The number of likely N-dealkylation sites (N-methyl/N-ethyl adjacent to an activating group) is 1. The van der Waals surface area contributed by atoms with E-state index in [-0.39, 0.29) is 36.4 Å². The average Bonchev–Trinajstić information content (AvgIpc) is 2.68. The Morgan fingerprint density at radius 2 is 1.82 bits per heavy atom. The van der Waals surface area contributed by atoms with E-state index in [1.165, 1.54) is 6.92 Å². The Hall–Kier alpha value is -2.73. The number of aliphatic hydroxyl groups is 1. The molecule has 3 atom stereocenters. The van der Waals surface area contributed by atoms with E-state index in [1.807, 2.05) is 49.5 Å². The molecular formula is C22H27N3O3. The van der Waals surface area contributed by atoms with E-state index >= 15 is 0 Å². The van der Waals surface area contributed by atoms with Crippen molar-refractivity contribution in [1.29, 1.82) is 0 Å². The number of hydrogen-bond acceptors (Lipinski definition) is 4. The van der Waals surface area contributed by atoms with Gasteiger partial charge in [-0.1, -0.05) is 30.3 Å².